The molecule has 3 aromatic carbocycles. The minimum absolute atomic E-state index is 0.144. The van der Waals surface area contributed by atoms with E-state index >= 15 is 0 Å². The number of hydrogen-bond acceptors (Lipinski definition) is 3. The quantitative estimate of drug-likeness (QED) is 0.285. The fourth-order valence-electron chi connectivity index (χ4n) is 5.06. The molecule has 0 N–H and O–H groups in total. The summed E-state index contributed by atoms with van der Waals surface area (Å²) < 4.78 is 33.0. The predicted molar refractivity (Wildman–Crippen MR) is 132 cm³/mol. The summed E-state index contributed by atoms with van der Waals surface area (Å²) in [5.74, 6) is 0.230. The average molecular weight is 463 g/mol. The van der Waals surface area contributed by atoms with E-state index in [0.717, 1.165) is 56.4 Å². The van der Waals surface area contributed by atoms with Crippen LogP contribution in [0.1, 0.15) is 54.3 Å². The Kier molecular flexibility index (Phi) is 6.79. The number of benzene rings is 3. The Hall–Kier alpha value is -2.63. The fraction of sp³-hybridized carbons (Fsp3) is 0.321. The molecule has 1 aliphatic rings. The van der Waals surface area contributed by atoms with Crippen molar-refractivity contribution in [3.05, 3.63) is 101 Å². The third-order valence-corrected chi connectivity index (χ3v) is 7.73. The van der Waals surface area contributed by atoms with Crippen molar-refractivity contribution < 1.29 is 8.78 Å². The number of aromatic nitrogens is 1. The van der Waals surface area contributed by atoms with Gasteiger partial charge < -0.3 is 4.90 Å². The lowest BCUT2D eigenvalue weighted by Gasteiger charge is -2.31. The van der Waals surface area contributed by atoms with Crippen LogP contribution in [0.5, 0.6) is 0 Å². The summed E-state index contributed by atoms with van der Waals surface area (Å²) in [5.41, 5.74) is 3.44. The van der Waals surface area contributed by atoms with E-state index in [0.29, 0.717) is 5.92 Å². The Bertz CT molecular complexity index is 1130. The molecule has 5 heteroatoms. The van der Waals surface area contributed by atoms with E-state index in [4.69, 9.17) is 4.37 Å². The minimum atomic E-state index is -0.229. The van der Waals surface area contributed by atoms with Crippen LogP contribution in [-0.2, 0) is 0 Å². The van der Waals surface area contributed by atoms with E-state index in [-0.39, 0.29) is 17.6 Å². The number of halogens is 2. The van der Waals surface area contributed by atoms with Gasteiger partial charge in [0, 0.05) is 17.2 Å². The standard InChI is InChI=1S/C28H28F2N2S/c29-23-11-7-20(8-12-23)25(21-9-13-24(30)14-10-21)5-3-17-32-18-15-22(16-19-32)28-26-4-1-2-6-27(26)33-31-28/h1-2,4,6-14,22,25H,3,5,15-19H2. The van der Waals surface area contributed by atoms with Crippen molar-refractivity contribution >= 4 is 21.6 Å². The molecule has 2 heterocycles. The first kappa shape index (κ1) is 22.2. The predicted octanol–water partition coefficient (Wildman–Crippen LogP) is 7.37. The molecular weight excluding hydrogens is 434 g/mol. The molecule has 5 rings (SSSR count). The van der Waals surface area contributed by atoms with E-state index in [1.54, 1.807) is 11.5 Å². The van der Waals surface area contributed by atoms with Crippen molar-refractivity contribution in [3.8, 4) is 0 Å². The van der Waals surface area contributed by atoms with Gasteiger partial charge in [-0.3, -0.25) is 0 Å². The second-order valence-corrected chi connectivity index (χ2v) is 9.78. The molecule has 0 bridgehead atoms. The van der Waals surface area contributed by atoms with Gasteiger partial charge >= 0.3 is 0 Å². The molecular formula is C28H28F2N2S. The second kappa shape index (κ2) is 10.1. The smallest absolute Gasteiger partial charge is 0.123 e. The molecule has 1 fully saturated rings. The van der Waals surface area contributed by atoms with Gasteiger partial charge in [0.2, 0.25) is 0 Å². The van der Waals surface area contributed by atoms with Crippen LogP contribution in [-0.4, -0.2) is 28.9 Å². The highest BCUT2D eigenvalue weighted by molar-refractivity contribution is 7.13. The fourth-order valence-corrected chi connectivity index (χ4v) is 5.92. The van der Waals surface area contributed by atoms with Crippen LogP contribution < -0.4 is 0 Å². The molecule has 33 heavy (non-hydrogen) atoms. The number of hydrogen-bond donors (Lipinski definition) is 0. The van der Waals surface area contributed by atoms with E-state index in [1.165, 1.54) is 40.0 Å². The Morgan fingerprint density at radius 1 is 0.848 bits per heavy atom. The number of rotatable bonds is 7. The van der Waals surface area contributed by atoms with Crippen LogP contribution in [0.3, 0.4) is 0 Å². The first-order chi connectivity index (χ1) is 16.2. The van der Waals surface area contributed by atoms with Crippen molar-refractivity contribution in [1.29, 1.82) is 0 Å². The Morgan fingerprint density at radius 3 is 2.09 bits per heavy atom. The molecule has 1 aliphatic heterocycles. The highest BCUT2D eigenvalue weighted by atomic mass is 32.1. The van der Waals surface area contributed by atoms with Gasteiger partial charge in [-0.05, 0) is 98.3 Å². The summed E-state index contributed by atoms with van der Waals surface area (Å²) in [6.07, 6.45) is 4.29. The van der Waals surface area contributed by atoms with Crippen molar-refractivity contribution in [1.82, 2.24) is 9.27 Å². The molecule has 0 spiro atoms. The summed E-state index contributed by atoms with van der Waals surface area (Å²) in [4.78, 5) is 2.55. The Labute approximate surface area is 198 Å². The maximum atomic E-state index is 13.5. The van der Waals surface area contributed by atoms with Gasteiger partial charge in [0.25, 0.3) is 0 Å². The number of likely N-dealkylation sites (tertiary alicyclic amines) is 1. The topological polar surface area (TPSA) is 16.1 Å². The van der Waals surface area contributed by atoms with Crippen LogP contribution in [0.25, 0.3) is 10.1 Å². The van der Waals surface area contributed by atoms with Crippen molar-refractivity contribution in [2.45, 2.75) is 37.5 Å². The minimum Gasteiger partial charge on any atom is -0.303 e. The van der Waals surface area contributed by atoms with Gasteiger partial charge in [-0.1, -0.05) is 42.5 Å². The lowest BCUT2D eigenvalue weighted by molar-refractivity contribution is 0.207. The molecule has 0 atom stereocenters. The molecule has 0 unspecified atom stereocenters. The summed E-state index contributed by atoms with van der Waals surface area (Å²) in [6.45, 7) is 3.23. The zero-order valence-corrected chi connectivity index (χ0v) is 19.4. The average Bonchev–Trinajstić information content (AvgIpc) is 3.28. The molecule has 1 saturated heterocycles. The molecule has 0 amide bonds. The Balaban J connectivity index is 1.19. The highest BCUT2D eigenvalue weighted by Crippen LogP contribution is 2.35. The van der Waals surface area contributed by atoms with Crippen LogP contribution in [0.15, 0.2) is 72.8 Å². The van der Waals surface area contributed by atoms with Gasteiger partial charge in [-0.15, -0.1) is 0 Å². The molecule has 0 aliphatic carbocycles. The highest BCUT2D eigenvalue weighted by Gasteiger charge is 2.24. The number of nitrogens with zero attached hydrogens (tertiary/aromatic N) is 2. The number of piperidine rings is 1. The largest absolute Gasteiger partial charge is 0.303 e. The van der Waals surface area contributed by atoms with Crippen LogP contribution in [0, 0.1) is 11.6 Å². The molecule has 0 radical (unpaired) electrons. The van der Waals surface area contributed by atoms with Gasteiger partial charge in [0.1, 0.15) is 11.6 Å². The van der Waals surface area contributed by atoms with Gasteiger partial charge in [0.05, 0.1) is 10.4 Å². The lowest BCUT2D eigenvalue weighted by Crippen LogP contribution is -2.34. The van der Waals surface area contributed by atoms with Gasteiger partial charge in [0.15, 0.2) is 0 Å². The maximum absolute atomic E-state index is 13.5. The van der Waals surface area contributed by atoms with E-state index in [1.807, 2.05) is 24.3 Å². The zero-order chi connectivity index (χ0) is 22.6. The van der Waals surface area contributed by atoms with Crippen molar-refractivity contribution in [2.75, 3.05) is 19.6 Å². The van der Waals surface area contributed by atoms with Crippen LogP contribution >= 0.6 is 11.5 Å². The van der Waals surface area contributed by atoms with E-state index < -0.39 is 0 Å². The van der Waals surface area contributed by atoms with E-state index in [2.05, 4.69) is 29.2 Å². The summed E-state index contributed by atoms with van der Waals surface area (Å²) >= 11 is 1.61. The van der Waals surface area contributed by atoms with Crippen LogP contribution in [0.4, 0.5) is 8.78 Å². The first-order valence-corrected chi connectivity index (χ1v) is 12.5. The van der Waals surface area contributed by atoms with Crippen LogP contribution in [0.2, 0.25) is 0 Å². The summed E-state index contributed by atoms with van der Waals surface area (Å²) in [6, 6.07) is 22.0. The SMILES string of the molecule is Fc1ccc(C(CCCN2CCC(c3nsc4ccccc34)CC2)c2ccc(F)cc2)cc1. The molecule has 1 aromatic heterocycles. The second-order valence-electron chi connectivity index (χ2n) is 8.98. The maximum Gasteiger partial charge on any atom is 0.123 e. The number of fused-ring (bicyclic) bond motifs is 1. The normalized spacial score (nSPS) is 15.5. The summed E-state index contributed by atoms with van der Waals surface area (Å²) in [5, 5.41) is 1.32. The summed E-state index contributed by atoms with van der Waals surface area (Å²) in [7, 11) is 0. The lowest BCUT2D eigenvalue weighted by atomic mass is 9.87. The first-order valence-electron chi connectivity index (χ1n) is 11.7. The van der Waals surface area contributed by atoms with Crippen molar-refractivity contribution in [3.63, 3.8) is 0 Å². The third kappa shape index (κ3) is 5.15. The van der Waals surface area contributed by atoms with E-state index in [9.17, 15) is 8.78 Å². The molecule has 0 saturated carbocycles. The third-order valence-electron chi connectivity index (χ3n) is 6.89. The zero-order valence-electron chi connectivity index (χ0n) is 18.6. The monoisotopic (exact) mass is 462 g/mol. The molecule has 4 aromatic rings. The molecule has 170 valence electrons. The van der Waals surface area contributed by atoms with Crippen molar-refractivity contribution in [2.24, 2.45) is 0 Å². The van der Waals surface area contributed by atoms with Gasteiger partial charge in [-0.2, -0.15) is 4.37 Å². The van der Waals surface area contributed by atoms with Gasteiger partial charge in [-0.25, -0.2) is 8.78 Å². The Morgan fingerprint density at radius 2 is 1.45 bits per heavy atom. The molecule has 2 nitrogen and oxygen atoms in total.